The second kappa shape index (κ2) is 8.16. The Morgan fingerprint density at radius 2 is 1.71 bits per heavy atom. The Kier molecular flexibility index (Phi) is 5.35. The molecule has 1 aromatic heterocycles. The molecule has 0 spiro atoms. The highest BCUT2D eigenvalue weighted by atomic mass is 35.5. The van der Waals surface area contributed by atoms with Crippen LogP contribution in [0.25, 0.3) is 0 Å². The highest BCUT2D eigenvalue weighted by Crippen LogP contribution is 2.55. The second-order valence-electron chi connectivity index (χ2n) is 8.82. The number of amides is 1. The summed E-state index contributed by atoms with van der Waals surface area (Å²) in [6, 6.07) is 17.6. The molecule has 3 aliphatic rings. The van der Waals surface area contributed by atoms with Gasteiger partial charge in [-0.2, -0.15) is 5.10 Å². The van der Waals surface area contributed by atoms with Crippen molar-refractivity contribution in [1.82, 2.24) is 15.1 Å². The van der Waals surface area contributed by atoms with E-state index in [9.17, 15) is 4.79 Å². The van der Waals surface area contributed by atoms with Gasteiger partial charge in [0.2, 0.25) is 0 Å². The quantitative estimate of drug-likeness (QED) is 0.544. The molecule has 160 valence electrons. The average Bonchev–Trinajstić information content (AvgIpc) is 3.09. The molecule has 4 nitrogen and oxygen atoms in total. The van der Waals surface area contributed by atoms with E-state index < -0.39 is 0 Å². The number of nitrogens with zero attached hydrogens (tertiary/aromatic N) is 2. The van der Waals surface area contributed by atoms with Crippen LogP contribution in [0.5, 0.6) is 0 Å². The first-order valence-corrected chi connectivity index (χ1v) is 11.7. The van der Waals surface area contributed by atoms with Crippen molar-refractivity contribution in [3.05, 3.63) is 87.2 Å². The Labute approximate surface area is 188 Å². The topological polar surface area (TPSA) is 46.9 Å². The third kappa shape index (κ3) is 3.38. The SMILES string of the molecule is CCCCn1nc(C)c(C(=O)NCC2CC3c4ccccc4C2c2ccccc23)c1Cl. The van der Waals surface area contributed by atoms with Crippen LogP contribution in [-0.4, -0.2) is 22.2 Å². The van der Waals surface area contributed by atoms with Crippen molar-refractivity contribution in [3.63, 3.8) is 0 Å². The van der Waals surface area contributed by atoms with E-state index >= 15 is 0 Å². The Morgan fingerprint density at radius 3 is 2.32 bits per heavy atom. The molecule has 2 bridgehead atoms. The highest BCUT2D eigenvalue weighted by Gasteiger charge is 2.43. The zero-order valence-electron chi connectivity index (χ0n) is 18.1. The van der Waals surface area contributed by atoms with Crippen molar-refractivity contribution in [1.29, 1.82) is 0 Å². The maximum atomic E-state index is 13.1. The lowest BCUT2D eigenvalue weighted by Gasteiger charge is -2.45. The summed E-state index contributed by atoms with van der Waals surface area (Å²) in [4.78, 5) is 13.1. The minimum absolute atomic E-state index is 0.117. The van der Waals surface area contributed by atoms with Crippen molar-refractivity contribution in [3.8, 4) is 0 Å². The molecule has 0 saturated carbocycles. The molecule has 2 aromatic carbocycles. The van der Waals surface area contributed by atoms with E-state index in [2.05, 4.69) is 65.9 Å². The van der Waals surface area contributed by atoms with Crippen LogP contribution in [0.3, 0.4) is 0 Å². The van der Waals surface area contributed by atoms with E-state index in [0.717, 1.165) is 25.8 Å². The molecule has 31 heavy (non-hydrogen) atoms. The molecular weight excluding hydrogens is 406 g/mol. The molecule has 1 N–H and O–H groups in total. The summed E-state index contributed by atoms with van der Waals surface area (Å²) in [5.41, 5.74) is 6.94. The van der Waals surface area contributed by atoms with Crippen molar-refractivity contribution in [2.45, 2.75) is 51.5 Å². The number of nitrogens with one attached hydrogen (secondary N) is 1. The van der Waals surface area contributed by atoms with Crippen molar-refractivity contribution in [2.75, 3.05) is 6.54 Å². The molecule has 1 atom stereocenters. The minimum atomic E-state index is -0.117. The monoisotopic (exact) mass is 433 g/mol. The molecule has 0 radical (unpaired) electrons. The first kappa shape index (κ1) is 20.3. The summed E-state index contributed by atoms with van der Waals surface area (Å²) < 4.78 is 1.75. The number of benzene rings is 2. The largest absolute Gasteiger partial charge is 0.352 e. The van der Waals surface area contributed by atoms with Crippen LogP contribution in [0.1, 0.15) is 76.3 Å². The number of unbranched alkanes of at least 4 members (excludes halogenated alkanes) is 1. The third-order valence-electron chi connectivity index (χ3n) is 6.96. The summed E-state index contributed by atoms with van der Waals surface area (Å²) in [5.74, 6) is 0.976. The molecule has 3 aromatic rings. The molecule has 3 aliphatic carbocycles. The van der Waals surface area contributed by atoms with Crippen LogP contribution in [-0.2, 0) is 6.54 Å². The van der Waals surface area contributed by atoms with Gasteiger partial charge in [-0.05, 0) is 47.9 Å². The molecule has 1 amide bonds. The van der Waals surface area contributed by atoms with E-state index in [-0.39, 0.29) is 5.91 Å². The van der Waals surface area contributed by atoms with Gasteiger partial charge < -0.3 is 5.32 Å². The van der Waals surface area contributed by atoms with E-state index in [0.29, 0.717) is 40.7 Å². The smallest absolute Gasteiger partial charge is 0.256 e. The van der Waals surface area contributed by atoms with Gasteiger partial charge in [-0.3, -0.25) is 9.48 Å². The summed E-state index contributed by atoms with van der Waals surface area (Å²) in [6.45, 7) is 5.37. The molecular formula is C26H28ClN3O. The maximum Gasteiger partial charge on any atom is 0.256 e. The predicted molar refractivity (Wildman–Crippen MR) is 124 cm³/mol. The van der Waals surface area contributed by atoms with Gasteiger partial charge in [0.1, 0.15) is 5.15 Å². The number of rotatable bonds is 6. The third-order valence-corrected chi connectivity index (χ3v) is 7.35. The Bertz CT molecular complexity index is 1090. The molecule has 0 aliphatic heterocycles. The summed E-state index contributed by atoms with van der Waals surface area (Å²) in [7, 11) is 0. The lowest BCUT2D eigenvalue weighted by atomic mass is 9.59. The lowest BCUT2D eigenvalue weighted by molar-refractivity contribution is 0.0942. The number of halogens is 1. The maximum absolute atomic E-state index is 13.1. The van der Waals surface area contributed by atoms with Gasteiger partial charge >= 0.3 is 0 Å². The number of aromatic nitrogens is 2. The average molecular weight is 434 g/mol. The number of carbonyl (C=O) groups is 1. The highest BCUT2D eigenvalue weighted by molar-refractivity contribution is 6.33. The molecule has 0 saturated heterocycles. The summed E-state index contributed by atoms with van der Waals surface area (Å²) in [5, 5.41) is 8.12. The van der Waals surface area contributed by atoms with E-state index in [4.69, 9.17) is 11.6 Å². The number of aryl methyl sites for hydroxylation is 2. The second-order valence-corrected chi connectivity index (χ2v) is 9.18. The molecule has 1 unspecified atom stereocenters. The van der Waals surface area contributed by atoms with Crippen molar-refractivity contribution >= 4 is 17.5 Å². The van der Waals surface area contributed by atoms with Gasteiger partial charge in [0.05, 0.1) is 11.3 Å². The minimum Gasteiger partial charge on any atom is -0.352 e. The van der Waals surface area contributed by atoms with Gasteiger partial charge in [0.25, 0.3) is 5.91 Å². The molecule has 1 heterocycles. The number of hydrogen-bond acceptors (Lipinski definition) is 2. The summed E-state index contributed by atoms with van der Waals surface area (Å²) >= 11 is 6.52. The van der Waals surface area contributed by atoms with Crippen molar-refractivity contribution in [2.24, 2.45) is 5.92 Å². The fraction of sp³-hybridized carbons (Fsp3) is 0.385. The first-order valence-electron chi connectivity index (χ1n) is 11.3. The van der Waals surface area contributed by atoms with Gasteiger partial charge in [0.15, 0.2) is 0 Å². The summed E-state index contributed by atoms with van der Waals surface area (Å²) in [6.07, 6.45) is 3.11. The zero-order chi connectivity index (χ0) is 21.5. The number of fused-ring (bicyclic) bond motifs is 1. The van der Waals surface area contributed by atoms with Crippen molar-refractivity contribution < 1.29 is 4.79 Å². The number of carbonyl (C=O) groups excluding carboxylic acids is 1. The van der Waals surface area contributed by atoms with Crippen LogP contribution in [0.15, 0.2) is 48.5 Å². The fourth-order valence-electron chi connectivity index (χ4n) is 5.54. The Balaban J connectivity index is 1.38. The van der Waals surface area contributed by atoms with Crippen LogP contribution in [0.2, 0.25) is 5.15 Å². The lowest BCUT2D eigenvalue weighted by Crippen LogP contribution is -2.39. The standard InChI is InChI=1S/C26H28ClN3O/c1-3-4-13-30-25(27)23(16(2)29-30)26(31)28-15-17-14-22-18-9-5-7-11-20(18)24(17)21-12-8-6-10-19(21)22/h5-12,17,22,24H,3-4,13-15H2,1-2H3,(H,28,31). The normalized spacial score (nSPS) is 20.9. The molecule has 5 heteroatoms. The Hall–Kier alpha value is -2.59. The Morgan fingerprint density at radius 1 is 1.10 bits per heavy atom. The van der Waals surface area contributed by atoms with E-state index in [1.807, 2.05) is 6.92 Å². The first-order chi connectivity index (χ1) is 15.1. The van der Waals surface area contributed by atoms with E-state index in [1.54, 1.807) is 4.68 Å². The van der Waals surface area contributed by atoms with Gasteiger partial charge in [0, 0.05) is 24.9 Å². The van der Waals surface area contributed by atoms with Gasteiger partial charge in [-0.1, -0.05) is 73.5 Å². The fourth-order valence-corrected chi connectivity index (χ4v) is 5.88. The number of hydrogen-bond donors (Lipinski definition) is 1. The molecule has 0 fully saturated rings. The zero-order valence-corrected chi connectivity index (χ0v) is 18.8. The van der Waals surface area contributed by atoms with Crippen LogP contribution >= 0.6 is 11.6 Å². The predicted octanol–water partition coefficient (Wildman–Crippen LogP) is 5.67. The van der Waals surface area contributed by atoms with E-state index in [1.165, 1.54) is 22.3 Å². The van der Waals surface area contributed by atoms with Crippen LogP contribution < -0.4 is 5.32 Å². The van der Waals surface area contributed by atoms with Gasteiger partial charge in [-0.15, -0.1) is 0 Å². The van der Waals surface area contributed by atoms with Crippen LogP contribution in [0.4, 0.5) is 0 Å². The van der Waals surface area contributed by atoms with Gasteiger partial charge in [-0.25, -0.2) is 0 Å². The molecule has 6 rings (SSSR count). The van der Waals surface area contributed by atoms with Crippen LogP contribution in [0, 0.1) is 12.8 Å².